The molecule has 1 saturated carbocycles. The van der Waals surface area contributed by atoms with Gasteiger partial charge in [-0.05, 0) is 60.5 Å². The molecule has 0 radical (unpaired) electrons. The smallest absolute Gasteiger partial charge is 0.00435 e. The summed E-state index contributed by atoms with van der Waals surface area (Å²) in [4.78, 5) is 0. The average molecular weight is 210 g/mol. The lowest BCUT2D eigenvalue weighted by Gasteiger charge is -2.31. The standard InChI is InChI=1S/C16H18/c1-2-4-14-13(3-1)5-6-15(14)16-9-7-12(11-16)8-10-16/h1-4,7,9,12,15H,5-6,8,10-11H2. The maximum atomic E-state index is 2.56. The molecule has 1 aromatic rings. The van der Waals surface area contributed by atoms with Crippen molar-refractivity contribution in [2.75, 3.05) is 0 Å². The van der Waals surface area contributed by atoms with Crippen LogP contribution in [0.3, 0.4) is 0 Å². The summed E-state index contributed by atoms with van der Waals surface area (Å²) in [6, 6.07) is 9.12. The van der Waals surface area contributed by atoms with Crippen LogP contribution in [0.25, 0.3) is 0 Å². The van der Waals surface area contributed by atoms with Crippen LogP contribution in [0.4, 0.5) is 0 Å². The second kappa shape index (κ2) is 3.00. The summed E-state index contributed by atoms with van der Waals surface area (Å²) in [5, 5.41) is 0. The normalized spacial score (nSPS) is 39.2. The molecule has 0 aromatic heterocycles. The minimum atomic E-state index is 0.553. The zero-order valence-corrected chi connectivity index (χ0v) is 9.65. The Kier molecular flexibility index (Phi) is 1.69. The molecule has 0 saturated heterocycles. The molecule has 1 fully saturated rings. The van der Waals surface area contributed by atoms with E-state index in [2.05, 4.69) is 36.4 Å². The van der Waals surface area contributed by atoms with E-state index >= 15 is 0 Å². The minimum Gasteiger partial charge on any atom is -0.0848 e. The van der Waals surface area contributed by atoms with Crippen LogP contribution >= 0.6 is 0 Å². The van der Waals surface area contributed by atoms with E-state index in [1.165, 1.54) is 32.1 Å². The Balaban J connectivity index is 1.78. The van der Waals surface area contributed by atoms with Gasteiger partial charge in [-0.25, -0.2) is 0 Å². The van der Waals surface area contributed by atoms with Crippen molar-refractivity contribution in [3.8, 4) is 0 Å². The topological polar surface area (TPSA) is 0 Å². The average Bonchev–Trinajstić information content (AvgIpc) is 3.02. The quantitative estimate of drug-likeness (QED) is 0.613. The van der Waals surface area contributed by atoms with Gasteiger partial charge in [-0.15, -0.1) is 0 Å². The fourth-order valence-corrected chi connectivity index (χ4v) is 4.38. The van der Waals surface area contributed by atoms with Gasteiger partial charge in [0.1, 0.15) is 0 Å². The van der Waals surface area contributed by atoms with E-state index in [1.54, 1.807) is 11.1 Å². The zero-order chi connectivity index (χ0) is 10.6. The Bertz CT molecular complexity index is 457. The van der Waals surface area contributed by atoms with Crippen LogP contribution < -0.4 is 0 Å². The van der Waals surface area contributed by atoms with Gasteiger partial charge in [0.15, 0.2) is 0 Å². The van der Waals surface area contributed by atoms with Crippen molar-refractivity contribution in [3.05, 3.63) is 47.5 Å². The van der Waals surface area contributed by atoms with Gasteiger partial charge in [-0.3, -0.25) is 0 Å². The monoisotopic (exact) mass is 210 g/mol. The fraction of sp³-hybridized carbons (Fsp3) is 0.500. The molecule has 1 aromatic carbocycles. The van der Waals surface area contributed by atoms with Gasteiger partial charge in [0.25, 0.3) is 0 Å². The van der Waals surface area contributed by atoms with Crippen molar-refractivity contribution < 1.29 is 0 Å². The summed E-state index contributed by atoms with van der Waals surface area (Å²) in [7, 11) is 0. The Hall–Kier alpha value is -1.04. The summed E-state index contributed by atoms with van der Waals surface area (Å²) >= 11 is 0. The molecule has 0 spiro atoms. The molecular formula is C16H18. The number of hydrogen-bond acceptors (Lipinski definition) is 0. The molecule has 2 bridgehead atoms. The molecule has 0 heterocycles. The van der Waals surface area contributed by atoms with Gasteiger partial charge in [0, 0.05) is 0 Å². The van der Waals surface area contributed by atoms with Crippen molar-refractivity contribution >= 4 is 0 Å². The third-order valence-electron chi connectivity index (χ3n) is 5.15. The molecule has 0 amide bonds. The van der Waals surface area contributed by atoms with E-state index in [4.69, 9.17) is 0 Å². The molecule has 0 heteroatoms. The highest BCUT2D eigenvalue weighted by atomic mass is 14.5. The van der Waals surface area contributed by atoms with Crippen molar-refractivity contribution in [1.29, 1.82) is 0 Å². The Morgan fingerprint density at radius 2 is 2.06 bits per heavy atom. The SMILES string of the molecule is C1=CC2(C3CCc4ccccc43)CCC1C2. The molecular weight excluding hydrogens is 192 g/mol. The largest absolute Gasteiger partial charge is 0.0848 e. The number of benzene rings is 1. The summed E-state index contributed by atoms with van der Waals surface area (Å²) in [6.45, 7) is 0. The maximum absolute atomic E-state index is 2.56. The predicted octanol–water partition coefficient (Wildman–Crippen LogP) is 4.07. The second-order valence-corrected chi connectivity index (χ2v) is 5.89. The molecule has 16 heavy (non-hydrogen) atoms. The first-order valence-electron chi connectivity index (χ1n) is 6.65. The third-order valence-corrected chi connectivity index (χ3v) is 5.15. The predicted molar refractivity (Wildman–Crippen MR) is 66.4 cm³/mol. The van der Waals surface area contributed by atoms with Crippen molar-refractivity contribution in [2.45, 2.75) is 38.0 Å². The van der Waals surface area contributed by atoms with Crippen LogP contribution in [-0.4, -0.2) is 0 Å². The molecule has 3 atom stereocenters. The maximum Gasteiger partial charge on any atom is -0.00435 e. The summed E-state index contributed by atoms with van der Waals surface area (Å²) in [5.74, 6) is 1.74. The Morgan fingerprint density at radius 1 is 1.12 bits per heavy atom. The molecule has 3 aliphatic rings. The fourth-order valence-electron chi connectivity index (χ4n) is 4.38. The van der Waals surface area contributed by atoms with E-state index in [9.17, 15) is 0 Å². The molecule has 0 N–H and O–H groups in total. The van der Waals surface area contributed by atoms with Crippen LogP contribution in [0.2, 0.25) is 0 Å². The molecule has 82 valence electrons. The number of hydrogen-bond donors (Lipinski definition) is 0. The van der Waals surface area contributed by atoms with E-state index < -0.39 is 0 Å². The van der Waals surface area contributed by atoms with Gasteiger partial charge in [-0.2, -0.15) is 0 Å². The van der Waals surface area contributed by atoms with Gasteiger partial charge in [-0.1, -0.05) is 36.4 Å². The second-order valence-electron chi connectivity index (χ2n) is 5.89. The minimum absolute atomic E-state index is 0.553. The zero-order valence-electron chi connectivity index (χ0n) is 9.65. The van der Waals surface area contributed by atoms with Crippen LogP contribution in [0.15, 0.2) is 36.4 Å². The highest BCUT2D eigenvalue weighted by molar-refractivity contribution is 5.39. The summed E-state index contributed by atoms with van der Waals surface area (Å²) in [5.41, 5.74) is 3.83. The van der Waals surface area contributed by atoms with E-state index in [-0.39, 0.29) is 0 Å². The Morgan fingerprint density at radius 3 is 2.81 bits per heavy atom. The molecule has 3 aliphatic carbocycles. The highest BCUT2D eigenvalue weighted by Crippen LogP contribution is 2.59. The first-order chi connectivity index (χ1) is 7.87. The van der Waals surface area contributed by atoms with Gasteiger partial charge in [0.05, 0.1) is 0 Å². The van der Waals surface area contributed by atoms with Gasteiger partial charge >= 0.3 is 0 Å². The number of aryl methyl sites for hydroxylation is 1. The number of rotatable bonds is 1. The summed E-state index contributed by atoms with van der Waals surface area (Å²) < 4.78 is 0. The lowest BCUT2D eigenvalue weighted by Crippen LogP contribution is -2.20. The molecule has 0 aliphatic heterocycles. The van der Waals surface area contributed by atoms with Gasteiger partial charge < -0.3 is 0 Å². The van der Waals surface area contributed by atoms with Crippen LogP contribution in [0, 0.1) is 11.3 Å². The molecule has 4 rings (SSSR count). The highest BCUT2D eigenvalue weighted by Gasteiger charge is 2.48. The van der Waals surface area contributed by atoms with Crippen molar-refractivity contribution in [1.82, 2.24) is 0 Å². The third kappa shape index (κ3) is 1.05. The lowest BCUT2D eigenvalue weighted by molar-refractivity contribution is 0.314. The van der Waals surface area contributed by atoms with E-state index in [1.807, 2.05) is 0 Å². The summed E-state index contributed by atoms with van der Waals surface area (Å²) in [6.07, 6.45) is 12.1. The van der Waals surface area contributed by atoms with Gasteiger partial charge in [0.2, 0.25) is 0 Å². The first kappa shape index (κ1) is 9.04. The number of allylic oxidation sites excluding steroid dienone is 2. The van der Waals surface area contributed by atoms with E-state index in [0.717, 1.165) is 11.8 Å². The lowest BCUT2D eigenvalue weighted by atomic mass is 9.72. The van der Waals surface area contributed by atoms with Crippen molar-refractivity contribution in [3.63, 3.8) is 0 Å². The molecule has 0 nitrogen and oxygen atoms in total. The van der Waals surface area contributed by atoms with Crippen molar-refractivity contribution in [2.24, 2.45) is 11.3 Å². The molecule has 3 unspecified atom stereocenters. The van der Waals surface area contributed by atoms with Crippen LogP contribution in [-0.2, 0) is 6.42 Å². The Labute approximate surface area is 97.4 Å². The van der Waals surface area contributed by atoms with Crippen LogP contribution in [0.5, 0.6) is 0 Å². The van der Waals surface area contributed by atoms with E-state index in [0.29, 0.717) is 5.41 Å². The first-order valence-corrected chi connectivity index (χ1v) is 6.65. The number of fused-ring (bicyclic) bond motifs is 3. The van der Waals surface area contributed by atoms with Crippen LogP contribution in [0.1, 0.15) is 42.7 Å².